The van der Waals surface area contributed by atoms with Crippen LogP contribution in [0.15, 0.2) is 30.3 Å². The Kier molecular flexibility index (Phi) is 6.06. The van der Waals surface area contributed by atoms with E-state index in [9.17, 15) is 22.7 Å². The Morgan fingerprint density at radius 1 is 1.14 bits per heavy atom. The van der Waals surface area contributed by atoms with Crippen molar-refractivity contribution in [2.75, 3.05) is 0 Å². The molecule has 162 valence electrons. The summed E-state index contributed by atoms with van der Waals surface area (Å²) in [5.41, 5.74) is -1.99. The molecule has 4 fully saturated rings. The number of carbonyl (C=O) groups excluding carboxylic acids is 1. The van der Waals surface area contributed by atoms with E-state index in [-0.39, 0.29) is 23.7 Å². The Morgan fingerprint density at radius 3 is 2.10 bits per heavy atom. The molecular weight excluding hydrogens is 399 g/mol. The molecule has 4 bridgehead atoms. The highest BCUT2D eigenvalue weighted by atomic mass is 32.2. The highest BCUT2D eigenvalue weighted by molar-refractivity contribution is 7.83. The second-order valence-corrected chi connectivity index (χ2v) is 10.3. The molecule has 0 aliphatic heterocycles. The van der Waals surface area contributed by atoms with Gasteiger partial charge in [0, 0.05) is 6.04 Å². The molecular formula is C20H29FN2O5S. The van der Waals surface area contributed by atoms with Gasteiger partial charge in [-0.3, -0.25) is 9.35 Å². The van der Waals surface area contributed by atoms with Crippen LogP contribution in [0, 0.1) is 23.6 Å². The van der Waals surface area contributed by atoms with Gasteiger partial charge in [0.2, 0.25) is 5.91 Å². The molecule has 2 unspecified atom stereocenters. The number of hydrogen-bond acceptors (Lipinski definition) is 4. The fraction of sp³-hybridized carbons (Fsp3) is 0.650. The van der Waals surface area contributed by atoms with Crippen molar-refractivity contribution in [1.82, 2.24) is 10.0 Å². The Hall–Kier alpha value is -1.55. The van der Waals surface area contributed by atoms with Gasteiger partial charge in [0.1, 0.15) is 11.4 Å². The molecule has 4 saturated carbocycles. The van der Waals surface area contributed by atoms with Gasteiger partial charge < -0.3 is 10.4 Å². The molecule has 0 saturated heterocycles. The van der Waals surface area contributed by atoms with Crippen LogP contribution in [-0.4, -0.2) is 41.2 Å². The molecule has 4 N–H and O–H groups in total. The molecule has 0 heterocycles. The lowest BCUT2D eigenvalue weighted by Crippen LogP contribution is -2.65. The lowest BCUT2D eigenvalue weighted by atomic mass is 9.52. The molecule has 4 aliphatic rings. The maximum Gasteiger partial charge on any atom is 0.334 e. The van der Waals surface area contributed by atoms with Gasteiger partial charge in [-0.1, -0.05) is 18.2 Å². The van der Waals surface area contributed by atoms with E-state index in [0.717, 1.165) is 19.3 Å². The van der Waals surface area contributed by atoms with Crippen LogP contribution in [0.5, 0.6) is 0 Å². The third-order valence-electron chi connectivity index (χ3n) is 6.22. The van der Waals surface area contributed by atoms with Crippen LogP contribution in [0.2, 0.25) is 0 Å². The molecule has 0 spiro atoms. The van der Waals surface area contributed by atoms with E-state index in [1.165, 1.54) is 26.0 Å². The molecule has 4 aliphatic carbocycles. The molecule has 0 aromatic heterocycles. The lowest BCUT2D eigenvalue weighted by Gasteiger charge is -2.58. The molecule has 2 atom stereocenters. The van der Waals surface area contributed by atoms with Crippen LogP contribution >= 0.6 is 0 Å². The zero-order valence-corrected chi connectivity index (χ0v) is 17.5. The summed E-state index contributed by atoms with van der Waals surface area (Å²) in [5.74, 6) is 0.417. The van der Waals surface area contributed by atoms with Crippen LogP contribution < -0.4 is 10.0 Å². The largest absolute Gasteiger partial charge is 0.390 e. The SMILES string of the molecule is CC(C)(NS(=O)(=O)O)C(=O)NC1C2CC3CC1CC(O)(C3)C2.Fc1ccccc1. The minimum absolute atomic E-state index is 0.0215. The minimum Gasteiger partial charge on any atom is -0.390 e. The molecule has 9 heteroatoms. The van der Waals surface area contributed by atoms with Crippen molar-refractivity contribution < 1.29 is 27.3 Å². The number of benzene rings is 1. The number of hydrogen-bond donors (Lipinski definition) is 4. The average molecular weight is 429 g/mol. The van der Waals surface area contributed by atoms with Crippen LogP contribution in [0.4, 0.5) is 4.39 Å². The summed E-state index contributed by atoms with van der Waals surface area (Å²) in [6.07, 6.45) is 4.30. The highest BCUT2D eigenvalue weighted by Crippen LogP contribution is 2.55. The maximum atomic E-state index is 12.4. The smallest absolute Gasteiger partial charge is 0.334 e. The maximum absolute atomic E-state index is 12.4. The predicted molar refractivity (Wildman–Crippen MR) is 106 cm³/mol. The molecule has 7 nitrogen and oxygen atoms in total. The van der Waals surface area contributed by atoms with Gasteiger partial charge in [-0.05, 0) is 75.8 Å². The van der Waals surface area contributed by atoms with Crippen molar-refractivity contribution in [3.05, 3.63) is 36.1 Å². The van der Waals surface area contributed by atoms with Crippen LogP contribution in [0.3, 0.4) is 0 Å². The van der Waals surface area contributed by atoms with E-state index in [4.69, 9.17) is 4.55 Å². The first-order chi connectivity index (χ1) is 13.4. The van der Waals surface area contributed by atoms with E-state index < -0.39 is 27.4 Å². The topological polar surface area (TPSA) is 116 Å². The third kappa shape index (κ3) is 5.53. The zero-order valence-electron chi connectivity index (χ0n) is 16.6. The number of carbonyl (C=O) groups is 1. The van der Waals surface area contributed by atoms with Crippen molar-refractivity contribution in [3.8, 4) is 0 Å². The number of aliphatic hydroxyl groups is 1. The van der Waals surface area contributed by atoms with Crippen molar-refractivity contribution in [1.29, 1.82) is 0 Å². The van der Waals surface area contributed by atoms with Gasteiger partial charge in [0.05, 0.1) is 5.60 Å². The molecule has 1 aromatic rings. The second kappa shape index (κ2) is 7.94. The van der Waals surface area contributed by atoms with Gasteiger partial charge in [0.15, 0.2) is 0 Å². The number of amides is 1. The third-order valence-corrected chi connectivity index (χ3v) is 6.99. The number of halogens is 1. The predicted octanol–water partition coefficient (Wildman–Crippen LogP) is 2.04. The van der Waals surface area contributed by atoms with Gasteiger partial charge >= 0.3 is 10.3 Å². The first kappa shape index (κ1) is 22.1. The Labute approximate surface area is 171 Å². The quantitative estimate of drug-likeness (QED) is 0.548. The Morgan fingerprint density at radius 2 is 1.69 bits per heavy atom. The minimum atomic E-state index is -4.45. The Balaban J connectivity index is 0.000000290. The molecule has 29 heavy (non-hydrogen) atoms. The van der Waals surface area contributed by atoms with Crippen molar-refractivity contribution in [2.45, 2.75) is 63.1 Å². The van der Waals surface area contributed by atoms with E-state index in [2.05, 4.69) is 5.32 Å². The van der Waals surface area contributed by atoms with Gasteiger partial charge in [-0.25, -0.2) is 4.39 Å². The van der Waals surface area contributed by atoms with E-state index in [1.54, 1.807) is 18.2 Å². The number of nitrogens with one attached hydrogen (secondary N) is 2. The van der Waals surface area contributed by atoms with Crippen molar-refractivity contribution >= 4 is 16.2 Å². The summed E-state index contributed by atoms with van der Waals surface area (Å²) < 4.78 is 44.7. The summed E-state index contributed by atoms with van der Waals surface area (Å²) in [7, 11) is -4.45. The zero-order chi connectivity index (χ0) is 21.4. The molecule has 5 rings (SSSR count). The highest BCUT2D eigenvalue weighted by Gasteiger charge is 2.55. The first-order valence-electron chi connectivity index (χ1n) is 9.87. The van der Waals surface area contributed by atoms with Crippen molar-refractivity contribution in [2.24, 2.45) is 17.8 Å². The van der Waals surface area contributed by atoms with Crippen LogP contribution in [-0.2, 0) is 15.1 Å². The first-order valence-corrected chi connectivity index (χ1v) is 11.3. The van der Waals surface area contributed by atoms with Gasteiger partial charge in [-0.2, -0.15) is 13.1 Å². The summed E-state index contributed by atoms with van der Waals surface area (Å²) in [6.45, 7) is 2.83. The standard InChI is InChI=1S/C14H24N2O5S.C6H5F/c1-13(2,16-22(19,20)21)12(17)15-11-9-3-8-4-10(11)7-14(18,5-8)6-9;7-6-4-2-1-3-5-6/h8-11,16,18H,3-7H2,1-2H3,(H,15,17)(H,19,20,21);1-5H. The lowest BCUT2D eigenvalue weighted by molar-refractivity contribution is -0.148. The van der Waals surface area contributed by atoms with Gasteiger partial charge in [0.25, 0.3) is 0 Å². The van der Waals surface area contributed by atoms with E-state index in [1.807, 2.05) is 4.72 Å². The van der Waals surface area contributed by atoms with Crippen molar-refractivity contribution in [3.63, 3.8) is 0 Å². The molecule has 1 amide bonds. The number of rotatable bonds is 4. The van der Waals surface area contributed by atoms with E-state index >= 15 is 0 Å². The molecule has 0 radical (unpaired) electrons. The summed E-state index contributed by atoms with van der Waals surface area (Å²) in [4.78, 5) is 12.4. The summed E-state index contributed by atoms with van der Waals surface area (Å²) >= 11 is 0. The average Bonchev–Trinajstić information content (AvgIpc) is 2.55. The fourth-order valence-corrected chi connectivity index (χ4v) is 6.07. The fourth-order valence-electron chi connectivity index (χ4n) is 5.33. The monoisotopic (exact) mass is 428 g/mol. The van der Waals surface area contributed by atoms with Crippen LogP contribution in [0.25, 0.3) is 0 Å². The summed E-state index contributed by atoms with van der Waals surface area (Å²) in [6, 6.07) is 7.92. The Bertz CT molecular complexity index is 830. The van der Waals surface area contributed by atoms with E-state index in [0.29, 0.717) is 18.8 Å². The van der Waals surface area contributed by atoms with Crippen LogP contribution in [0.1, 0.15) is 46.0 Å². The van der Waals surface area contributed by atoms with Gasteiger partial charge in [-0.15, -0.1) is 0 Å². The normalized spacial score (nSPS) is 33.0. The second-order valence-electron chi connectivity index (χ2n) is 9.19. The molecule has 1 aromatic carbocycles. The summed E-state index contributed by atoms with van der Waals surface area (Å²) in [5, 5.41) is 13.5.